The van der Waals surface area contributed by atoms with E-state index in [0.717, 1.165) is 30.1 Å². The molecule has 8 heteroatoms. The molecule has 0 aliphatic carbocycles. The Labute approximate surface area is 117 Å². The Morgan fingerprint density at radius 2 is 2.10 bits per heavy atom. The van der Waals surface area contributed by atoms with E-state index in [1.54, 1.807) is 10.7 Å². The van der Waals surface area contributed by atoms with Crippen LogP contribution in [-0.2, 0) is 12.7 Å². The zero-order chi connectivity index (χ0) is 14.3. The van der Waals surface area contributed by atoms with Crippen molar-refractivity contribution in [3.8, 4) is 11.3 Å². The van der Waals surface area contributed by atoms with E-state index in [1.165, 1.54) is 6.07 Å². The normalized spacial score (nSPS) is 16.7. The first kappa shape index (κ1) is 13.2. The summed E-state index contributed by atoms with van der Waals surface area (Å²) in [4.78, 5) is 3.34. The Hall–Kier alpha value is -1.83. The highest BCUT2D eigenvalue weighted by atomic mass is 32.1. The molecule has 104 valence electrons. The zero-order valence-corrected chi connectivity index (χ0v) is 11.0. The van der Waals surface area contributed by atoms with E-state index in [4.69, 9.17) is 0 Å². The van der Waals surface area contributed by atoms with Gasteiger partial charge in [-0.3, -0.25) is 9.67 Å². The van der Waals surface area contributed by atoms with Crippen LogP contribution in [0, 0.1) is 0 Å². The number of hydrogen-bond acceptors (Lipinski definition) is 4. The van der Waals surface area contributed by atoms with Gasteiger partial charge in [-0.05, 0) is 31.0 Å². The van der Waals surface area contributed by atoms with Crippen LogP contribution in [0.2, 0.25) is 0 Å². The number of nitrogens with zero attached hydrogens (tertiary/aromatic N) is 4. The van der Waals surface area contributed by atoms with Gasteiger partial charge in [-0.25, -0.2) is 4.40 Å². The summed E-state index contributed by atoms with van der Waals surface area (Å²) in [5.41, 5.74) is 1.51. The van der Waals surface area contributed by atoms with Crippen molar-refractivity contribution in [2.24, 2.45) is 4.40 Å². The third-order valence-electron chi connectivity index (χ3n) is 3.10. The molecule has 0 atom stereocenters. The Balaban J connectivity index is 2.03. The second-order valence-corrected chi connectivity index (χ2v) is 4.56. The predicted octanol–water partition coefficient (Wildman–Crippen LogP) is 3.00. The van der Waals surface area contributed by atoms with Crippen LogP contribution < -0.4 is 0 Å². The summed E-state index contributed by atoms with van der Waals surface area (Å²) in [5.74, 6) is 0. The molecule has 1 aliphatic rings. The minimum atomic E-state index is -4.46. The Kier molecular flexibility index (Phi) is 3.04. The fourth-order valence-electron chi connectivity index (χ4n) is 2.15. The number of halogens is 3. The molecule has 1 aliphatic heterocycles. The number of pyridine rings is 1. The number of rotatable bonds is 1. The van der Waals surface area contributed by atoms with Gasteiger partial charge in [-0.1, -0.05) is 0 Å². The maximum Gasteiger partial charge on any atom is 0.433 e. The van der Waals surface area contributed by atoms with Gasteiger partial charge in [0.2, 0.25) is 0 Å². The van der Waals surface area contributed by atoms with Crippen molar-refractivity contribution in [3.63, 3.8) is 0 Å². The lowest BCUT2D eigenvalue weighted by atomic mass is 10.1. The van der Waals surface area contributed by atoms with Crippen molar-refractivity contribution in [2.45, 2.75) is 19.1 Å². The molecule has 4 nitrogen and oxygen atoms in total. The first-order chi connectivity index (χ1) is 9.49. The van der Waals surface area contributed by atoms with Crippen LogP contribution in [0.5, 0.6) is 0 Å². The molecule has 0 saturated carbocycles. The number of aryl methyl sites for hydroxylation is 1. The lowest BCUT2D eigenvalue weighted by Crippen LogP contribution is -2.07. The molecule has 0 saturated heterocycles. The van der Waals surface area contributed by atoms with Gasteiger partial charge in [-0.2, -0.15) is 18.3 Å². The third-order valence-corrected chi connectivity index (χ3v) is 3.34. The van der Waals surface area contributed by atoms with E-state index in [9.17, 15) is 13.2 Å². The van der Waals surface area contributed by atoms with E-state index in [2.05, 4.69) is 27.3 Å². The maximum absolute atomic E-state index is 12.6. The van der Waals surface area contributed by atoms with Crippen LogP contribution in [0.15, 0.2) is 28.8 Å². The molecule has 0 spiro atoms. The number of aromatic nitrogens is 3. The summed E-state index contributed by atoms with van der Waals surface area (Å²) in [6.07, 6.45) is -2.59. The van der Waals surface area contributed by atoms with Crippen molar-refractivity contribution in [1.29, 1.82) is 0 Å². The van der Waals surface area contributed by atoms with Crippen LogP contribution in [0.4, 0.5) is 13.2 Å². The zero-order valence-electron chi connectivity index (χ0n) is 10.1. The molecule has 0 radical (unpaired) electrons. The molecule has 20 heavy (non-hydrogen) atoms. The third kappa shape index (κ3) is 2.20. The highest BCUT2D eigenvalue weighted by Crippen LogP contribution is 2.31. The lowest BCUT2D eigenvalue weighted by Gasteiger charge is -2.06. The number of fused-ring (bicyclic) bond motifs is 1. The molecule has 3 rings (SSSR count). The largest absolute Gasteiger partial charge is 0.433 e. The van der Waals surface area contributed by atoms with Gasteiger partial charge in [0.05, 0.1) is 17.1 Å². The molecule has 0 bridgehead atoms. The quantitative estimate of drug-likeness (QED) is 0.822. The molecule has 2 aromatic heterocycles. The summed E-state index contributed by atoms with van der Waals surface area (Å²) < 4.78 is 43.5. The highest BCUT2D eigenvalue weighted by Gasteiger charge is 2.32. The summed E-state index contributed by atoms with van der Waals surface area (Å²) in [6.45, 7) is 0.659. The lowest BCUT2D eigenvalue weighted by molar-refractivity contribution is -0.141. The van der Waals surface area contributed by atoms with E-state index in [1.807, 2.05) is 0 Å². The topological polar surface area (TPSA) is 43.1 Å². The molecule has 0 amide bonds. The molecule has 0 N–H and O–H groups in total. The molecule has 0 aromatic carbocycles. The van der Waals surface area contributed by atoms with E-state index in [0.29, 0.717) is 17.8 Å². The summed E-state index contributed by atoms with van der Waals surface area (Å²) in [5, 5.41) is 4.29. The first-order valence-corrected chi connectivity index (χ1v) is 6.22. The van der Waals surface area contributed by atoms with Crippen molar-refractivity contribution in [1.82, 2.24) is 14.8 Å². The summed E-state index contributed by atoms with van der Waals surface area (Å²) in [7, 11) is 0. The van der Waals surface area contributed by atoms with Crippen molar-refractivity contribution >= 4 is 18.5 Å². The predicted molar refractivity (Wildman–Crippen MR) is 70.6 cm³/mol. The van der Waals surface area contributed by atoms with E-state index in [-0.39, 0.29) is 0 Å². The van der Waals surface area contributed by atoms with Gasteiger partial charge >= 0.3 is 6.18 Å². The fraction of sp³-hybridized carbons (Fsp3) is 0.250. The Morgan fingerprint density at radius 3 is 2.80 bits per heavy atom. The SMILES string of the molecule is FC(F)(F)c1cc(-c2cc3n(n2)CC/C3=N\S)ccn1. The Morgan fingerprint density at radius 1 is 1.30 bits per heavy atom. The van der Waals surface area contributed by atoms with Crippen molar-refractivity contribution in [3.05, 3.63) is 35.8 Å². The number of thiol groups is 1. The molecular formula is C12H9F3N4S. The van der Waals surface area contributed by atoms with Crippen LogP contribution in [-0.4, -0.2) is 20.5 Å². The molecule has 2 aromatic rings. The smallest absolute Gasteiger partial charge is 0.263 e. The summed E-state index contributed by atoms with van der Waals surface area (Å²) >= 11 is 3.88. The van der Waals surface area contributed by atoms with Gasteiger partial charge in [0.15, 0.2) is 0 Å². The maximum atomic E-state index is 12.6. The second-order valence-electron chi connectivity index (χ2n) is 4.36. The number of hydrogen-bond donors (Lipinski definition) is 1. The van der Waals surface area contributed by atoms with Crippen LogP contribution in [0.1, 0.15) is 17.8 Å². The van der Waals surface area contributed by atoms with Crippen LogP contribution >= 0.6 is 12.8 Å². The highest BCUT2D eigenvalue weighted by molar-refractivity contribution is 7.79. The minimum absolute atomic E-state index is 0.382. The molecule has 3 heterocycles. The molecule has 0 fully saturated rings. The monoisotopic (exact) mass is 298 g/mol. The van der Waals surface area contributed by atoms with Gasteiger partial charge in [-0.15, -0.1) is 0 Å². The van der Waals surface area contributed by atoms with E-state index >= 15 is 0 Å². The second kappa shape index (κ2) is 4.62. The fourth-order valence-corrected chi connectivity index (χ4v) is 2.35. The van der Waals surface area contributed by atoms with E-state index < -0.39 is 11.9 Å². The molecule has 0 unspecified atom stereocenters. The standard InChI is InChI=1S/C12H9F3N4S/c13-12(14,15)11-5-7(1-3-16-11)9-6-10-8(18-20)2-4-19(10)17-9/h1,3,5-6,20H,2,4H2/b18-8+. The van der Waals surface area contributed by atoms with Gasteiger partial charge in [0, 0.05) is 24.7 Å². The Bertz CT molecular complexity index is 690. The van der Waals surface area contributed by atoms with Crippen molar-refractivity contribution in [2.75, 3.05) is 0 Å². The average molecular weight is 298 g/mol. The van der Waals surface area contributed by atoms with Gasteiger partial charge in [0.25, 0.3) is 0 Å². The summed E-state index contributed by atoms with van der Waals surface area (Å²) in [6, 6.07) is 4.22. The van der Waals surface area contributed by atoms with Crippen molar-refractivity contribution < 1.29 is 13.2 Å². The van der Waals surface area contributed by atoms with Gasteiger partial charge < -0.3 is 0 Å². The number of alkyl halides is 3. The van der Waals surface area contributed by atoms with Crippen LogP contribution in [0.3, 0.4) is 0 Å². The first-order valence-electron chi connectivity index (χ1n) is 5.82. The van der Waals surface area contributed by atoms with Gasteiger partial charge in [0.1, 0.15) is 5.69 Å². The minimum Gasteiger partial charge on any atom is -0.263 e. The average Bonchev–Trinajstić information content (AvgIpc) is 2.97. The van der Waals surface area contributed by atoms with Crippen LogP contribution in [0.25, 0.3) is 11.3 Å². The molecular weight excluding hydrogens is 289 g/mol.